The molecule has 2 fully saturated rings. The normalized spacial score (nSPS) is 17.1. The molecule has 0 radical (unpaired) electrons. The number of anilines is 2. The molecule has 3 aromatic rings. The van der Waals surface area contributed by atoms with Crippen molar-refractivity contribution in [2.45, 2.75) is 37.8 Å². The summed E-state index contributed by atoms with van der Waals surface area (Å²) in [5, 5.41) is 3.11. The average Bonchev–Trinajstić information content (AvgIpc) is 3.63. The first-order valence-electron chi connectivity index (χ1n) is 12.5. The third-order valence-electron chi connectivity index (χ3n) is 6.86. The molecule has 1 aliphatic carbocycles. The van der Waals surface area contributed by atoms with E-state index in [1.807, 2.05) is 24.3 Å². The van der Waals surface area contributed by atoms with Gasteiger partial charge in [0.2, 0.25) is 5.91 Å². The van der Waals surface area contributed by atoms with Gasteiger partial charge in [-0.05, 0) is 54.8 Å². The van der Waals surface area contributed by atoms with Crippen LogP contribution in [0.5, 0.6) is 0 Å². The molecule has 0 spiro atoms. The Morgan fingerprint density at radius 1 is 0.972 bits per heavy atom. The molecule has 2 aromatic carbocycles. The number of morpholine rings is 1. The van der Waals surface area contributed by atoms with Crippen LogP contribution in [-0.4, -0.2) is 44.2 Å². The molecule has 1 saturated carbocycles. The molecule has 2 aliphatic rings. The van der Waals surface area contributed by atoms with Gasteiger partial charge in [-0.1, -0.05) is 37.1 Å². The highest BCUT2D eigenvalue weighted by molar-refractivity contribution is 6.08. The van der Waals surface area contributed by atoms with Crippen molar-refractivity contribution in [3.05, 3.63) is 84.1 Å². The van der Waals surface area contributed by atoms with Crippen LogP contribution >= 0.6 is 0 Å². The van der Waals surface area contributed by atoms with E-state index in [0.717, 1.165) is 44.5 Å². The zero-order valence-corrected chi connectivity index (χ0v) is 20.1. The maximum Gasteiger partial charge on any atom is 0.295 e. The minimum absolute atomic E-state index is 0.0164. The van der Waals surface area contributed by atoms with Crippen LogP contribution in [-0.2, 0) is 9.53 Å². The fourth-order valence-electron chi connectivity index (χ4n) is 4.99. The highest BCUT2D eigenvalue weighted by atomic mass is 19.1. The molecule has 1 aliphatic heterocycles. The topological polar surface area (TPSA) is 75.0 Å². The van der Waals surface area contributed by atoms with Crippen LogP contribution in [0, 0.1) is 5.82 Å². The first-order valence-corrected chi connectivity index (χ1v) is 12.5. The molecule has 2 heterocycles. The first-order chi connectivity index (χ1) is 17.6. The minimum atomic E-state index is -1.08. The molecule has 0 bridgehead atoms. The van der Waals surface area contributed by atoms with E-state index < -0.39 is 17.8 Å². The van der Waals surface area contributed by atoms with Crippen molar-refractivity contribution < 1.29 is 23.1 Å². The van der Waals surface area contributed by atoms with Gasteiger partial charge >= 0.3 is 0 Å². The second-order valence-electron chi connectivity index (χ2n) is 9.19. The molecular weight excluding hydrogens is 461 g/mol. The molecule has 2 amide bonds. The highest BCUT2D eigenvalue weighted by Gasteiger charge is 2.37. The Morgan fingerprint density at radius 3 is 2.36 bits per heavy atom. The quantitative estimate of drug-likeness (QED) is 0.519. The molecule has 1 saturated heterocycles. The fourth-order valence-corrected chi connectivity index (χ4v) is 4.99. The molecule has 8 heteroatoms. The highest BCUT2D eigenvalue weighted by Crippen LogP contribution is 2.33. The SMILES string of the molecule is O=C(NC1CCCC1)[C@H](c1ccc(N2CCOCC2)cc1)N(C(=O)c1ccco1)c1ccccc1F. The van der Waals surface area contributed by atoms with Crippen molar-refractivity contribution in [1.29, 1.82) is 0 Å². The zero-order chi connectivity index (χ0) is 24.9. The van der Waals surface area contributed by atoms with Crippen molar-refractivity contribution in [2.75, 3.05) is 36.1 Å². The van der Waals surface area contributed by atoms with Gasteiger partial charge in [-0.2, -0.15) is 0 Å². The van der Waals surface area contributed by atoms with Gasteiger partial charge < -0.3 is 19.4 Å². The van der Waals surface area contributed by atoms with Gasteiger partial charge in [-0.3, -0.25) is 14.5 Å². The summed E-state index contributed by atoms with van der Waals surface area (Å²) in [7, 11) is 0. The van der Waals surface area contributed by atoms with Crippen molar-refractivity contribution in [2.24, 2.45) is 0 Å². The number of hydrogen-bond acceptors (Lipinski definition) is 5. The van der Waals surface area contributed by atoms with Crippen LogP contribution in [0.1, 0.15) is 47.8 Å². The van der Waals surface area contributed by atoms with E-state index in [2.05, 4.69) is 10.2 Å². The van der Waals surface area contributed by atoms with E-state index in [-0.39, 0.29) is 23.4 Å². The molecule has 0 unspecified atom stereocenters. The number of carbonyl (C=O) groups excluding carboxylic acids is 2. The fraction of sp³-hybridized carbons (Fsp3) is 0.357. The van der Waals surface area contributed by atoms with Gasteiger partial charge in [0.15, 0.2) is 5.76 Å². The zero-order valence-electron chi connectivity index (χ0n) is 20.1. The summed E-state index contributed by atoms with van der Waals surface area (Å²) in [5.74, 6) is -1.50. The molecule has 5 rings (SSSR count). The third kappa shape index (κ3) is 5.14. The second-order valence-corrected chi connectivity index (χ2v) is 9.19. The number of furan rings is 1. The lowest BCUT2D eigenvalue weighted by atomic mass is 10.0. The van der Waals surface area contributed by atoms with Gasteiger partial charge in [0.25, 0.3) is 5.91 Å². The summed E-state index contributed by atoms with van der Waals surface area (Å²) in [5.41, 5.74) is 1.61. The number of ether oxygens (including phenoxy) is 1. The Hall–Kier alpha value is -3.65. The minimum Gasteiger partial charge on any atom is -0.459 e. The Labute approximate surface area is 209 Å². The van der Waals surface area contributed by atoms with E-state index in [1.165, 1.54) is 29.4 Å². The van der Waals surface area contributed by atoms with Gasteiger partial charge in [-0.15, -0.1) is 0 Å². The third-order valence-corrected chi connectivity index (χ3v) is 6.86. The van der Waals surface area contributed by atoms with Crippen LogP contribution in [0.3, 0.4) is 0 Å². The monoisotopic (exact) mass is 491 g/mol. The van der Waals surface area contributed by atoms with Gasteiger partial charge in [0.1, 0.15) is 11.9 Å². The van der Waals surface area contributed by atoms with Crippen LogP contribution in [0.2, 0.25) is 0 Å². The van der Waals surface area contributed by atoms with E-state index in [1.54, 1.807) is 18.2 Å². The smallest absolute Gasteiger partial charge is 0.295 e. The molecular formula is C28H30FN3O4. The lowest BCUT2D eigenvalue weighted by molar-refractivity contribution is -0.123. The van der Waals surface area contributed by atoms with Gasteiger partial charge in [0.05, 0.1) is 25.2 Å². The van der Waals surface area contributed by atoms with Gasteiger partial charge in [-0.25, -0.2) is 4.39 Å². The Kier molecular flexibility index (Phi) is 7.32. The first kappa shape index (κ1) is 24.1. The van der Waals surface area contributed by atoms with E-state index in [4.69, 9.17) is 9.15 Å². The molecule has 1 aromatic heterocycles. The standard InChI is InChI=1S/C28H30FN3O4/c29-23-8-3-4-9-24(23)32(28(34)25-10-5-17-36-25)26(27(33)30-21-6-1-2-7-21)20-11-13-22(14-12-20)31-15-18-35-19-16-31/h3-5,8-14,17,21,26H,1-2,6-7,15-16,18-19H2,(H,30,33)/t26-/m0/s1. The summed E-state index contributed by atoms with van der Waals surface area (Å²) in [6.07, 6.45) is 5.26. The Bertz CT molecular complexity index is 1170. The van der Waals surface area contributed by atoms with Crippen molar-refractivity contribution in [3.8, 4) is 0 Å². The van der Waals surface area contributed by atoms with Crippen molar-refractivity contribution in [3.63, 3.8) is 0 Å². The number of carbonyl (C=O) groups is 2. The van der Waals surface area contributed by atoms with Crippen LogP contribution < -0.4 is 15.1 Å². The van der Waals surface area contributed by atoms with Gasteiger partial charge in [0, 0.05) is 24.8 Å². The van der Waals surface area contributed by atoms with E-state index in [9.17, 15) is 9.59 Å². The molecule has 1 N–H and O–H groups in total. The second kappa shape index (κ2) is 11.0. The summed E-state index contributed by atoms with van der Waals surface area (Å²) in [6.45, 7) is 2.88. The number of hydrogen-bond donors (Lipinski definition) is 1. The van der Waals surface area contributed by atoms with Crippen LogP contribution in [0.15, 0.2) is 71.3 Å². The van der Waals surface area contributed by atoms with Crippen molar-refractivity contribution >= 4 is 23.2 Å². The molecule has 1 atom stereocenters. The number of benzene rings is 2. The lowest BCUT2D eigenvalue weighted by Crippen LogP contribution is -2.46. The molecule has 188 valence electrons. The Morgan fingerprint density at radius 2 is 1.69 bits per heavy atom. The number of amides is 2. The number of halogens is 1. The predicted molar refractivity (Wildman–Crippen MR) is 135 cm³/mol. The Balaban J connectivity index is 1.56. The number of nitrogens with one attached hydrogen (secondary N) is 1. The number of nitrogens with zero attached hydrogens (tertiary/aromatic N) is 2. The maximum absolute atomic E-state index is 15.1. The summed E-state index contributed by atoms with van der Waals surface area (Å²) in [4.78, 5) is 30.9. The predicted octanol–water partition coefficient (Wildman–Crippen LogP) is 4.70. The van der Waals surface area contributed by atoms with Crippen LogP contribution in [0.4, 0.5) is 15.8 Å². The van der Waals surface area contributed by atoms with E-state index >= 15 is 4.39 Å². The van der Waals surface area contributed by atoms with Crippen molar-refractivity contribution in [1.82, 2.24) is 5.32 Å². The summed E-state index contributed by atoms with van der Waals surface area (Å²) < 4.78 is 25.9. The summed E-state index contributed by atoms with van der Waals surface area (Å²) >= 11 is 0. The largest absolute Gasteiger partial charge is 0.459 e. The number of rotatable bonds is 7. The lowest BCUT2D eigenvalue weighted by Gasteiger charge is -2.33. The van der Waals surface area contributed by atoms with Crippen LogP contribution in [0.25, 0.3) is 0 Å². The number of para-hydroxylation sites is 1. The average molecular weight is 492 g/mol. The maximum atomic E-state index is 15.1. The molecule has 7 nitrogen and oxygen atoms in total. The molecule has 36 heavy (non-hydrogen) atoms. The summed E-state index contributed by atoms with van der Waals surface area (Å²) in [6, 6.07) is 15.6. The van der Waals surface area contributed by atoms with E-state index in [0.29, 0.717) is 18.8 Å².